The quantitative estimate of drug-likeness (QED) is 0.423. The van der Waals surface area contributed by atoms with E-state index in [0.717, 1.165) is 38.8 Å². The van der Waals surface area contributed by atoms with Crippen molar-refractivity contribution in [3.8, 4) is 22.1 Å². The van der Waals surface area contributed by atoms with Crippen molar-refractivity contribution in [2.24, 2.45) is 7.05 Å². The largest absolute Gasteiger partial charge is 0.327 e. The number of carbonyl (C=O) groups is 1. The Bertz CT molecular complexity index is 1390. The first kappa shape index (κ1) is 19.1. The number of hydrogen-bond acceptors (Lipinski definition) is 5. The van der Waals surface area contributed by atoms with E-state index in [-0.39, 0.29) is 5.91 Å². The maximum Gasteiger partial charge on any atom is 0.267 e. The van der Waals surface area contributed by atoms with Crippen LogP contribution >= 0.6 is 11.3 Å². The molecule has 0 unspecified atom stereocenters. The number of aromatic nitrogens is 4. The Labute approximate surface area is 183 Å². The van der Waals surface area contributed by atoms with Gasteiger partial charge in [0.1, 0.15) is 15.7 Å². The Morgan fingerprint density at radius 3 is 2.48 bits per heavy atom. The minimum atomic E-state index is -0.173. The van der Waals surface area contributed by atoms with Crippen molar-refractivity contribution in [2.45, 2.75) is 6.92 Å². The summed E-state index contributed by atoms with van der Waals surface area (Å²) in [6, 6.07) is 21.4. The fourth-order valence-electron chi connectivity index (χ4n) is 3.50. The van der Waals surface area contributed by atoms with Gasteiger partial charge in [-0.2, -0.15) is 0 Å². The summed E-state index contributed by atoms with van der Waals surface area (Å²) in [7, 11) is 2.01. The summed E-state index contributed by atoms with van der Waals surface area (Å²) in [6.07, 6.45) is 1.72. The molecular weight excluding hydrogens is 406 g/mol. The molecule has 0 aliphatic heterocycles. The first-order valence-electron chi connectivity index (χ1n) is 9.82. The molecule has 31 heavy (non-hydrogen) atoms. The van der Waals surface area contributed by atoms with Gasteiger partial charge < -0.3 is 9.88 Å². The number of hydrogen-bond donors (Lipinski definition) is 1. The number of fused-ring (bicyclic) bond motifs is 1. The van der Waals surface area contributed by atoms with E-state index in [4.69, 9.17) is 4.98 Å². The third-order valence-corrected chi connectivity index (χ3v) is 6.25. The molecule has 0 aliphatic rings. The summed E-state index contributed by atoms with van der Waals surface area (Å²) in [5, 5.41) is 3.70. The van der Waals surface area contributed by atoms with Crippen molar-refractivity contribution in [3.63, 3.8) is 0 Å². The molecule has 5 rings (SSSR count). The smallest absolute Gasteiger partial charge is 0.267 e. The Balaban J connectivity index is 1.37. The fourth-order valence-corrected chi connectivity index (χ4v) is 4.44. The van der Waals surface area contributed by atoms with Crippen LogP contribution in [0.5, 0.6) is 0 Å². The van der Waals surface area contributed by atoms with Crippen LogP contribution in [0.2, 0.25) is 0 Å². The van der Waals surface area contributed by atoms with Crippen LogP contribution in [-0.4, -0.2) is 25.4 Å². The standard InChI is InChI=1S/C24H19N5OS/c1-15-21(31-24(26-15)19-8-5-6-14-25-19)23(30)27-17-12-10-16(11-13-17)22-28-18-7-3-4-9-20(18)29(22)2/h3-14H,1-2H3,(H,27,30). The van der Waals surface area contributed by atoms with Gasteiger partial charge in [0.05, 0.1) is 22.4 Å². The van der Waals surface area contributed by atoms with Gasteiger partial charge in [0.2, 0.25) is 0 Å². The summed E-state index contributed by atoms with van der Waals surface area (Å²) in [6.45, 7) is 1.84. The highest BCUT2D eigenvalue weighted by Gasteiger charge is 2.17. The van der Waals surface area contributed by atoms with E-state index in [1.807, 2.05) is 74.6 Å². The Kier molecular flexibility index (Phi) is 4.80. The van der Waals surface area contributed by atoms with E-state index < -0.39 is 0 Å². The molecule has 0 radical (unpaired) electrons. The minimum absolute atomic E-state index is 0.173. The number of para-hydroxylation sites is 2. The van der Waals surface area contributed by atoms with E-state index in [1.54, 1.807) is 6.20 Å². The van der Waals surface area contributed by atoms with E-state index in [2.05, 4.69) is 25.9 Å². The van der Waals surface area contributed by atoms with Gasteiger partial charge in [0.15, 0.2) is 0 Å². The van der Waals surface area contributed by atoms with Crippen LogP contribution < -0.4 is 5.32 Å². The first-order valence-corrected chi connectivity index (χ1v) is 10.6. The van der Waals surface area contributed by atoms with Crippen molar-refractivity contribution in [2.75, 3.05) is 5.32 Å². The molecule has 0 saturated carbocycles. The van der Waals surface area contributed by atoms with Gasteiger partial charge >= 0.3 is 0 Å². The van der Waals surface area contributed by atoms with Gasteiger partial charge in [-0.15, -0.1) is 11.3 Å². The monoisotopic (exact) mass is 425 g/mol. The average molecular weight is 426 g/mol. The van der Waals surface area contributed by atoms with Gasteiger partial charge in [-0.25, -0.2) is 9.97 Å². The van der Waals surface area contributed by atoms with E-state index in [9.17, 15) is 4.79 Å². The zero-order valence-electron chi connectivity index (χ0n) is 17.0. The molecule has 0 bridgehead atoms. The molecule has 1 N–H and O–H groups in total. The molecule has 0 atom stereocenters. The van der Waals surface area contributed by atoms with Crippen LogP contribution in [0.1, 0.15) is 15.4 Å². The molecule has 7 heteroatoms. The van der Waals surface area contributed by atoms with Crippen LogP contribution in [0.15, 0.2) is 72.9 Å². The number of imidazole rings is 1. The maximum atomic E-state index is 12.8. The molecule has 0 aliphatic carbocycles. The summed E-state index contributed by atoms with van der Waals surface area (Å²) in [5.74, 6) is 0.713. The minimum Gasteiger partial charge on any atom is -0.327 e. The molecule has 3 aromatic heterocycles. The number of rotatable bonds is 4. The molecule has 152 valence electrons. The number of nitrogens with zero attached hydrogens (tertiary/aromatic N) is 4. The van der Waals surface area contributed by atoms with Gasteiger partial charge in [0.25, 0.3) is 5.91 Å². The zero-order valence-corrected chi connectivity index (χ0v) is 17.9. The number of carbonyl (C=O) groups excluding carboxylic acids is 1. The predicted octanol–water partition coefficient (Wildman–Crippen LogP) is 5.32. The highest BCUT2D eigenvalue weighted by Crippen LogP contribution is 2.28. The molecule has 1 amide bonds. The van der Waals surface area contributed by atoms with Crippen LogP contribution in [0, 0.1) is 6.92 Å². The zero-order chi connectivity index (χ0) is 21.4. The number of anilines is 1. The normalized spacial score (nSPS) is 11.0. The SMILES string of the molecule is Cc1nc(-c2ccccn2)sc1C(=O)Nc1ccc(-c2nc3ccccc3n2C)cc1. The molecule has 2 aromatic carbocycles. The molecule has 0 fully saturated rings. The predicted molar refractivity (Wildman–Crippen MR) is 124 cm³/mol. The number of nitrogens with one attached hydrogen (secondary N) is 1. The summed E-state index contributed by atoms with van der Waals surface area (Å²) in [4.78, 5) is 27.0. The van der Waals surface area contributed by atoms with Gasteiger partial charge in [-0.05, 0) is 55.5 Å². The van der Waals surface area contributed by atoms with E-state index in [1.165, 1.54) is 11.3 Å². The number of aryl methyl sites for hydroxylation is 2. The van der Waals surface area contributed by atoms with Crippen LogP contribution in [0.25, 0.3) is 33.1 Å². The third-order valence-electron chi connectivity index (χ3n) is 5.07. The lowest BCUT2D eigenvalue weighted by atomic mass is 10.2. The molecular formula is C24H19N5OS. The Hall–Kier alpha value is -3.84. The summed E-state index contributed by atoms with van der Waals surface area (Å²) < 4.78 is 2.07. The maximum absolute atomic E-state index is 12.8. The molecule has 5 aromatic rings. The Morgan fingerprint density at radius 1 is 0.968 bits per heavy atom. The van der Waals surface area contributed by atoms with E-state index in [0.29, 0.717) is 10.6 Å². The van der Waals surface area contributed by atoms with Crippen molar-refractivity contribution in [3.05, 3.63) is 83.5 Å². The highest BCUT2D eigenvalue weighted by atomic mass is 32.1. The molecule has 0 saturated heterocycles. The topological polar surface area (TPSA) is 72.7 Å². The molecule has 0 spiro atoms. The Morgan fingerprint density at radius 2 is 1.74 bits per heavy atom. The summed E-state index contributed by atoms with van der Waals surface area (Å²) in [5.41, 5.74) is 5.21. The van der Waals surface area contributed by atoms with Gasteiger partial charge in [0, 0.05) is 24.5 Å². The van der Waals surface area contributed by atoms with Crippen LogP contribution in [0.4, 0.5) is 5.69 Å². The van der Waals surface area contributed by atoms with Crippen LogP contribution in [0.3, 0.4) is 0 Å². The van der Waals surface area contributed by atoms with Crippen molar-refractivity contribution in [1.29, 1.82) is 0 Å². The second-order valence-electron chi connectivity index (χ2n) is 7.16. The number of thiazole rings is 1. The van der Waals surface area contributed by atoms with Crippen molar-refractivity contribution in [1.82, 2.24) is 19.5 Å². The molecule has 6 nitrogen and oxygen atoms in total. The van der Waals surface area contributed by atoms with Gasteiger partial charge in [-0.1, -0.05) is 18.2 Å². The van der Waals surface area contributed by atoms with Crippen LogP contribution in [-0.2, 0) is 7.05 Å². The average Bonchev–Trinajstić information content (AvgIpc) is 3.35. The lowest BCUT2D eigenvalue weighted by molar-refractivity contribution is 0.103. The lowest BCUT2D eigenvalue weighted by Crippen LogP contribution is -2.11. The lowest BCUT2D eigenvalue weighted by Gasteiger charge is -2.06. The number of pyridine rings is 1. The number of benzene rings is 2. The van der Waals surface area contributed by atoms with Crippen molar-refractivity contribution >= 4 is 34.0 Å². The molecule has 3 heterocycles. The second kappa shape index (κ2) is 7.77. The third kappa shape index (κ3) is 3.60. The van der Waals surface area contributed by atoms with E-state index >= 15 is 0 Å². The van der Waals surface area contributed by atoms with Gasteiger partial charge in [-0.3, -0.25) is 9.78 Å². The highest BCUT2D eigenvalue weighted by molar-refractivity contribution is 7.17. The summed E-state index contributed by atoms with van der Waals surface area (Å²) >= 11 is 1.35. The fraction of sp³-hybridized carbons (Fsp3) is 0.0833. The van der Waals surface area contributed by atoms with Crippen molar-refractivity contribution < 1.29 is 4.79 Å². The second-order valence-corrected chi connectivity index (χ2v) is 8.16. The first-order chi connectivity index (χ1) is 15.1. The number of amides is 1.